The normalized spacial score (nSPS) is 14.8. The predicted molar refractivity (Wildman–Crippen MR) is 104 cm³/mol. The zero-order valence-corrected chi connectivity index (χ0v) is 16.5. The number of carbonyl (C=O) groups excluding carboxylic acids is 1. The molecule has 0 spiro atoms. The lowest BCUT2D eigenvalue weighted by molar-refractivity contribution is -0.137. The van der Waals surface area contributed by atoms with Crippen LogP contribution in [0.4, 0.5) is 24.5 Å². The zero-order valence-electron chi connectivity index (χ0n) is 14.9. The average Bonchev–Trinajstić information content (AvgIpc) is 2.53. The summed E-state index contributed by atoms with van der Waals surface area (Å²) in [5, 5.41) is 5.92. The molecule has 2 N–H and O–H groups in total. The molecule has 1 aromatic rings. The second-order valence-electron chi connectivity index (χ2n) is 6.40. The topological polar surface area (TPSA) is 44.4 Å². The third-order valence-corrected chi connectivity index (χ3v) is 4.32. The first-order valence-corrected chi connectivity index (χ1v) is 8.16. The molecule has 150 valence electrons. The first kappa shape index (κ1) is 24.8. The first-order chi connectivity index (χ1) is 11.3. The Bertz CT molecular complexity index is 577. The van der Waals surface area contributed by atoms with Crippen LogP contribution in [0.5, 0.6) is 0 Å². The van der Waals surface area contributed by atoms with Crippen LogP contribution in [-0.2, 0) is 11.0 Å². The fraction of sp³-hybridized carbons (Fsp3) is 0.588. The zero-order chi connectivity index (χ0) is 17.7. The van der Waals surface area contributed by atoms with Gasteiger partial charge in [-0.25, -0.2) is 0 Å². The summed E-state index contributed by atoms with van der Waals surface area (Å²) >= 11 is 0. The van der Waals surface area contributed by atoms with Crippen LogP contribution in [0.15, 0.2) is 18.2 Å². The van der Waals surface area contributed by atoms with E-state index in [9.17, 15) is 18.0 Å². The van der Waals surface area contributed by atoms with Crippen molar-refractivity contribution in [2.75, 3.05) is 37.4 Å². The van der Waals surface area contributed by atoms with Gasteiger partial charge in [0.25, 0.3) is 0 Å². The second-order valence-corrected chi connectivity index (χ2v) is 6.40. The molecule has 1 aliphatic rings. The molecule has 0 aromatic heterocycles. The number of hydrogen-bond acceptors (Lipinski definition) is 3. The highest BCUT2D eigenvalue weighted by molar-refractivity contribution is 5.94. The van der Waals surface area contributed by atoms with Gasteiger partial charge in [-0.1, -0.05) is 0 Å². The van der Waals surface area contributed by atoms with Crippen molar-refractivity contribution in [2.24, 2.45) is 5.92 Å². The van der Waals surface area contributed by atoms with Crippen molar-refractivity contribution in [3.8, 4) is 0 Å². The lowest BCUT2D eigenvalue weighted by Gasteiger charge is -2.23. The molecule has 0 unspecified atom stereocenters. The van der Waals surface area contributed by atoms with Gasteiger partial charge in [-0.2, -0.15) is 13.2 Å². The Balaban J connectivity index is 0.00000312. The number of amides is 1. The van der Waals surface area contributed by atoms with Crippen molar-refractivity contribution in [1.82, 2.24) is 5.32 Å². The Labute approximate surface area is 164 Å². The lowest BCUT2D eigenvalue weighted by atomic mass is 9.93. The standard InChI is InChI=1S/C17H24F3N3O.2ClH/c1-23(2)15-5-4-13(17(18,19)20)11-14(15)22-16(24)6-3-12-7-9-21-10-8-12;;/h4-5,11-12,21H,3,6-10H2,1-2H3,(H,22,24);2*1H. The number of anilines is 2. The van der Waals surface area contributed by atoms with Gasteiger partial charge in [0.05, 0.1) is 16.9 Å². The average molecular weight is 416 g/mol. The van der Waals surface area contributed by atoms with Crippen molar-refractivity contribution < 1.29 is 18.0 Å². The van der Waals surface area contributed by atoms with E-state index in [1.165, 1.54) is 6.07 Å². The van der Waals surface area contributed by atoms with Gasteiger partial charge >= 0.3 is 6.18 Å². The molecular weight excluding hydrogens is 390 g/mol. The van der Waals surface area contributed by atoms with Crippen LogP contribution in [0.2, 0.25) is 0 Å². The summed E-state index contributed by atoms with van der Waals surface area (Å²) in [5.41, 5.74) is -0.00916. The third kappa shape index (κ3) is 7.21. The second kappa shape index (κ2) is 10.8. The molecule has 26 heavy (non-hydrogen) atoms. The van der Waals surface area contributed by atoms with Gasteiger partial charge in [0, 0.05) is 20.5 Å². The molecule has 0 saturated carbocycles. The van der Waals surface area contributed by atoms with Crippen molar-refractivity contribution in [1.29, 1.82) is 0 Å². The first-order valence-electron chi connectivity index (χ1n) is 8.16. The predicted octanol–water partition coefficient (Wildman–Crippen LogP) is 4.33. The summed E-state index contributed by atoms with van der Waals surface area (Å²) in [6.45, 7) is 1.93. The van der Waals surface area contributed by atoms with Gasteiger partial charge in [-0.15, -0.1) is 24.8 Å². The number of hydrogen-bond donors (Lipinski definition) is 2. The molecule has 0 atom stereocenters. The van der Waals surface area contributed by atoms with E-state index in [2.05, 4.69) is 10.6 Å². The molecule has 1 saturated heterocycles. The molecule has 4 nitrogen and oxygen atoms in total. The molecule has 1 amide bonds. The van der Waals surface area contributed by atoms with E-state index in [4.69, 9.17) is 0 Å². The molecule has 2 rings (SSSR count). The van der Waals surface area contributed by atoms with E-state index in [0.717, 1.165) is 44.5 Å². The number of rotatable bonds is 5. The molecular formula is C17H26Cl2F3N3O. The summed E-state index contributed by atoms with van der Waals surface area (Å²) in [4.78, 5) is 13.8. The Morgan fingerprint density at radius 2 is 1.85 bits per heavy atom. The summed E-state index contributed by atoms with van der Waals surface area (Å²) in [5.74, 6) is 0.266. The van der Waals surface area contributed by atoms with Gasteiger partial charge in [-0.05, 0) is 56.5 Å². The highest BCUT2D eigenvalue weighted by Gasteiger charge is 2.31. The van der Waals surface area contributed by atoms with Crippen LogP contribution >= 0.6 is 24.8 Å². The van der Waals surface area contributed by atoms with Crippen LogP contribution in [0.25, 0.3) is 0 Å². The largest absolute Gasteiger partial charge is 0.416 e. The lowest BCUT2D eigenvalue weighted by Crippen LogP contribution is -2.28. The number of carbonyl (C=O) groups is 1. The van der Waals surface area contributed by atoms with E-state index in [1.54, 1.807) is 19.0 Å². The van der Waals surface area contributed by atoms with Gasteiger partial charge in [0.15, 0.2) is 0 Å². The molecule has 1 aliphatic heterocycles. The SMILES string of the molecule is CN(C)c1ccc(C(F)(F)F)cc1NC(=O)CCC1CCNCC1.Cl.Cl. The monoisotopic (exact) mass is 415 g/mol. The number of piperidine rings is 1. The summed E-state index contributed by atoms with van der Waals surface area (Å²) < 4.78 is 38.7. The molecule has 0 aliphatic carbocycles. The Kier molecular flexibility index (Phi) is 10.4. The minimum atomic E-state index is -4.43. The van der Waals surface area contributed by atoms with E-state index in [1.807, 2.05) is 0 Å². The van der Waals surface area contributed by atoms with Gasteiger partial charge in [0.2, 0.25) is 5.91 Å². The number of nitrogens with zero attached hydrogens (tertiary/aromatic N) is 1. The van der Waals surface area contributed by atoms with Crippen molar-refractivity contribution in [2.45, 2.75) is 31.9 Å². The molecule has 0 radical (unpaired) electrons. The van der Waals surface area contributed by atoms with Crippen molar-refractivity contribution in [3.63, 3.8) is 0 Å². The minimum Gasteiger partial charge on any atom is -0.376 e. The molecule has 1 heterocycles. The third-order valence-electron chi connectivity index (χ3n) is 4.32. The number of halogens is 5. The van der Waals surface area contributed by atoms with Crippen LogP contribution in [0.1, 0.15) is 31.2 Å². The minimum absolute atomic E-state index is 0. The highest BCUT2D eigenvalue weighted by atomic mass is 35.5. The van der Waals surface area contributed by atoms with Gasteiger partial charge < -0.3 is 15.5 Å². The quantitative estimate of drug-likeness (QED) is 0.751. The summed E-state index contributed by atoms with van der Waals surface area (Å²) in [7, 11) is 3.46. The maximum atomic E-state index is 12.9. The fourth-order valence-electron chi connectivity index (χ4n) is 2.92. The van der Waals surface area contributed by atoms with Crippen LogP contribution in [0.3, 0.4) is 0 Å². The number of alkyl halides is 3. The van der Waals surface area contributed by atoms with Crippen LogP contribution < -0.4 is 15.5 Å². The van der Waals surface area contributed by atoms with E-state index >= 15 is 0 Å². The van der Waals surface area contributed by atoms with Gasteiger partial charge in [0.1, 0.15) is 0 Å². The molecule has 0 bridgehead atoms. The summed E-state index contributed by atoms with van der Waals surface area (Å²) in [6.07, 6.45) is -1.25. The molecule has 1 fully saturated rings. The van der Waals surface area contributed by atoms with Crippen LogP contribution in [-0.4, -0.2) is 33.1 Å². The Morgan fingerprint density at radius 3 is 2.38 bits per heavy atom. The highest BCUT2D eigenvalue weighted by Crippen LogP contribution is 2.35. The van der Waals surface area contributed by atoms with Crippen molar-refractivity contribution in [3.05, 3.63) is 23.8 Å². The van der Waals surface area contributed by atoms with Crippen molar-refractivity contribution >= 4 is 42.1 Å². The molecule has 9 heteroatoms. The van der Waals surface area contributed by atoms with E-state index in [-0.39, 0.29) is 36.4 Å². The maximum Gasteiger partial charge on any atom is 0.416 e. The number of nitrogens with one attached hydrogen (secondary N) is 2. The Hall–Kier alpha value is -1.18. The maximum absolute atomic E-state index is 12.9. The molecule has 1 aromatic carbocycles. The van der Waals surface area contributed by atoms with Gasteiger partial charge in [-0.3, -0.25) is 4.79 Å². The fourth-order valence-corrected chi connectivity index (χ4v) is 2.92. The van der Waals surface area contributed by atoms with Crippen LogP contribution in [0, 0.1) is 5.92 Å². The smallest absolute Gasteiger partial charge is 0.376 e. The van der Waals surface area contributed by atoms with E-state index < -0.39 is 11.7 Å². The number of benzene rings is 1. The van der Waals surface area contributed by atoms with E-state index in [0.29, 0.717) is 18.0 Å². The summed E-state index contributed by atoms with van der Waals surface area (Å²) in [6, 6.07) is 3.41. The Morgan fingerprint density at radius 1 is 1.23 bits per heavy atom.